The van der Waals surface area contributed by atoms with Crippen molar-refractivity contribution < 1.29 is 44.3 Å². The molecule has 5 N–H and O–H groups in total. The Balaban J connectivity index is 1.71. The van der Waals surface area contributed by atoms with Gasteiger partial charge in [0.05, 0.1) is 19.3 Å². The van der Waals surface area contributed by atoms with E-state index in [1.807, 2.05) is 0 Å². The summed E-state index contributed by atoms with van der Waals surface area (Å²) in [4.78, 5) is 39.0. The number of aliphatic hydroxyl groups excluding tert-OH is 1. The van der Waals surface area contributed by atoms with Crippen molar-refractivity contribution in [3.05, 3.63) is 88.5 Å². The van der Waals surface area contributed by atoms with Gasteiger partial charge in [0, 0.05) is 37.3 Å². The van der Waals surface area contributed by atoms with Crippen LogP contribution in [0.5, 0.6) is 23.0 Å². The number of amides is 1. The number of hydrogen-bond acceptors (Lipinski definition) is 9. The Morgan fingerprint density at radius 2 is 1.76 bits per heavy atom. The number of ether oxygens (including phenoxy) is 2. The first-order valence-corrected chi connectivity index (χ1v) is 15.4. The largest absolute Gasteiger partial charge is 0.508 e. The van der Waals surface area contributed by atoms with Crippen LogP contribution in [0.4, 0.5) is 0 Å². The first kappa shape index (κ1) is 34.1. The van der Waals surface area contributed by atoms with Gasteiger partial charge in [-0.1, -0.05) is 36.4 Å². The summed E-state index contributed by atoms with van der Waals surface area (Å²) >= 11 is 0. The topological polar surface area (TPSA) is 163 Å². The molecule has 1 aliphatic rings. The first-order valence-electron chi connectivity index (χ1n) is 15.4. The highest BCUT2D eigenvalue weighted by Gasteiger charge is 2.31. The molecule has 0 aliphatic carbocycles. The predicted molar refractivity (Wildman–Crippen MR) is 172 cm³/mol. The number of carbonyl (C=O) groups is 3. The molecule has 46 heavy (non-hydrogen) atoms. The van der Waals surface area contributed by atoms with E-state index >= 15 is 0 Å². The number of methoxy groups -OCH3 is 1. The highest BCUT2D eigenvalue weighted by Crippen LogP contribution is 2.44. The average Bonchev–Trinajstić information content (AvgIpc) is 3.02. The van der Waals surface area contributed by atoms with Crippen molar-refractivity contribution in [2.45, 2.75) is 70.0 Å². The molecule has 1 amide bonds. The summed E-state index contributed by atoms with van der Waals surface area (Å²) < 4.78 is 11.0. The van der Waals surface area contributed by atoms with Crippen LogP contribution in [0.15, 0.2) is 60.7 Å². The highest BCUT2D eigenvalue weighted by atomic mass is 16.5. The van der Waals surface area contributed by atoms with E-state index < -0.39 is 35.8 Å². The standard InChI is InChI=1S/C36H41NO9/c1-22-8-6-12-26(38)11-5-3-4-9-25-19-30(40)34(35(43)33(25)36(44)46-22)29(23-14-16-28(45-2)17-15-23)20-32(42)37-21-31(41)24-10-7-13-27(39)18-24/h4,7,9-10,13-19,22,29,31,39-41,43H,3,5-6,8,11-12,20-21H2,1-2H3,(H,37,42)/t22-,29?,31?/m0/s1. The molecule has 2 unspecified atom stereocenters. The smallest absolute Gasteiger partial charge is 0.342 e. The van der Waals surface area contributed by atoms with E-state index in [4.69, 9.17) is 9.47 Å². The lowest BCUT2D eigenvalue weighted by Crippen LogP contribution is -2.29. The number of Topliss-reactive ketones (excluding diaryl/α,β-unsaturated/α-hetero) is 1. The highest BCUT2D eigenvalue weighted by molar-refractivity contribution is 5.98. The molecule has 3 aromatic rings. The number of aromatic hydroxyl groups is 3. The van der Waals surface area contributed by atoms with Gasteiger partial charge >= 0.3 is 5.97 Å². The number of allylic oxidation sites excluding steroid dienone is 1. The number of hydrogen-bond donors (Lipinski definition) is 5. The summed E-state index contributed by atoms with van der Waals surface area (Å²) in [7, 11) is 1.52. The molecule has 1 aliphatic heterocycles. The minimum Gasteiger partial charge on any atom is -0.508 e. The van der Waals surface area contributed by atoms with Crippen molar-refractivity contribution in [2.24, 2.45) is 0 Å². The summed E-state index contributed by atoms with van der Waals surface area (Å²) in [5, 5.41) is 46.0. The van der Waals surface area contributed by atoms with E-state index in [0.29, 0.717) is 55.4 Å². The van der Waals surface area contributed by atoms with Crippen molar-refractivity contribution in [3.8, 4) is 23.0 Å². The van der Waals surface area contributed by atoms with Gasteiger partial charge < -0.3 is 35.2 Å². The first-order chi connectivity index (χ1) is 22.1. The molecular weight excluding hydrogens is 590 g/mol. The minimum atomic E-state index is -1.09. The van der Waals surface area contributed by atoms with Gasteiger partial charge in [0.2, 0.25) is 5.91 Å². The number of benzene rings is 3. The number of ketones is 1. The Bertz CT molecular complexity index is 1560. The van der Waals surface area contributed by atoms with Crippen molar-refractivity contribution in [3.63, 3.8) is 0 Å². The third-order valence-corrected chi connectivity index (χ3v) is 8.05. The van der Waals surface area contributed by atoms with E-state index in [1.165, 1.54) is 25.3 Å². The molecule has 0 radical (unpaired) electrons. The zero-order chi connectivity index (χ0) is 33.2. The summed E-state index contributed by atoms with van der Waals surface area (Å²) in [6.45, 7) is 1.57. The van der Waals surface area contributed by atoms with Crippen molar-refractivity contribution in [2.75, 3.05) is 13.7 Å². The zero-order valence-corrected chi connectivity index (χ0v) is 26.1. The fourth-order valence-electron chi connectivity index (χ4n) is 5.56. The second-order valence-corrected chi connectivity index (χ2v) is 11.5. The minimum absolute atomic E-state index is 0.0197. The molecule has 0 saturated carbocycles. The van der Waals surface area contributed by atoms with Gasteiger partial charge in [0.25, 0.3) is 0 Å². The number of esters is 1. The number of nitrogens with one attached hydrogen (secondary N) is 1. The normalized spacial score (nSPS) is 17.2. The third-order valence-electron chi connectivity index (χ3n) is 8.05. The Kier molecular flexibility index (Phi) is 11.8. The predicted octanol–water partition coefficient (Wildman–Crippen LogP) is 5.67. The molecule has 1 heterocycles. The number of cyclic esters (lactones) is 1. The molecule has 0 bridgehead atoms. The van der Waals surface area contributed by atoms with Gasteiger partial charge in [-0.05, 0) is 79.6 Å². The van der Waals surface area contributed by atoms with Crippen LogP contribution < -0.4 is 10.1 Å². The molecule has 244 valence electrons. The number of rotatable bonds is 8. The molecule has 0 fully saturated rings. The summed E-state index contributed by atoms with van der Waals surface area (Å²) in [6, 6.07) is 14.2. The van der Waals surface area contributed by atoms with Crippen molar-refractivity contribution >= 4 is 23.7 Å². The number of fused-ring (bicyclic) bond motifs is 1. The van der Waals surface area contributed by atoms with Crippen molar-refractivity contribution in [1.82, 2.24) is 5.32 Å². The van der Waals surface area contributed by atoms with Gasteiger partial charge in [0.1, 0.15) is 34.3 Å². The van der Waals surface area contributed by atoms with E-state index in [9.17, 15) is 34.8 Å². The SMILES string of the molecule is COc1ccc(C(CC(=O)NCC(O)c2cccc(O)c2)c2c(O)cc3c(c2O)C(=O)O[C@@H](C)CCCC(=O)CCCC=C3)cc1. The molecule has 0 aromatic heterocycles. The maximum absolute atomic E-state index is 13.5. The second-order valence-electron chi connectivity index (χ2n) is 11.5. The fourth-order valence-corrected chi connectivity index (χ4v) is 5.56. The molecule has 0 spiro atoms. The number of aliphatic hydroxyl groups is 1. The molecular formula is C36H41NO9. The van der Waals surface area contributed by atoms with Gasteiger partial charge in [-0.15, -0.1) is 0 Å². The van der Waals surface area contributed by atoms with Crippen LogP contribution in [0.25, 0.3) is 6.08 Å². The van der Waals surface area contributed by atoms with Crippen LogP contribution in [0.1, 0.15) is 96.5 Å². The molecule has 3 aromatic carbocycles. The van der Waals surface area contributed by atoms with Gasteiger partial charge in [-0.2, -0.15) is 0 Å². The van der Waals surface area contributed by atoms with Crippen LogP contribution >= 0.6 is 0 Å². The lowest BCUT2D eigenvalue weighted by molar-refractivity contribution is -0.122. The van der Waals surface area contributed by atoms with Gasteiger partial charge in [0.15, 0.2) is 0 Å². The maximum atomic E-state index is 13.5. The number of carbonyl (C=O) groups excluding carboxylic acids is 3. The molecule has 10 nitrogen and oxygen atoms in total. The second kappa shape index (κ2) is 15.9. The van der Waals surface area contributed by atoms with Crippen molar-refractivity contribution in [1.29, 1.82) is 0 Å². The van der Waals surface area contributed by atoms with Crippen LogP contribution in [-0.4, -0.2) is 57.8 Å². The molecule has 3 atom stereocenters. The van der Waals surface area contributed by atoms with Gasteiger partial charge in [-0.25, -0.2) is 4.79 Å². The van der Waals surface area contributed by atoms with E-state index in [1.54, 1.807) is 55.5 Å². The summed E-state index contributed by atoms with van der Waals surface area (Å²) in [5.74, 6) is -2.34. The molecule has 4 rings (SSSR count). The molecule has 0 saturated heterocycles. The number of phenols is 3. The van der Waals surface area contributed by atoms with E-state index in [2.05, 4.69) is 5.32 Å². The lowest BCUT2D eigenvalue weighted by atomic mass is 9.84. The fraction of sp³-hybridized carbons (Fsp3) is 0.361. The Morgan fingerprint density at radius 1 is 1.02 bits per heavy atom. The van der Waals surface area contributed by atoms with Gasteiger partial charge in [-0.3, -0.25) is 9.59 Å². The quantitative estimate of drug-likeness (QED) is 0.197. The number of phenolic OH excluding ortho intramolecular Hbond substituents is 3. The third kappa shape index (κ3) is 8.88. The Labute approximate surface area is 268 Å². The Hall–Kier alpha value is -4.83. The van der Waals surface area contributed by atoms with Crippen LogP contribution in [0.2, 0.25) is 0 Å². The van der Waals surface area contributed by atoms with E-state index in [-0.39, 0.29) is 46.9 Å². The maximum Gasteiger partial charge on any atom is 0.342 e. The summed E-state index contributed by atoms with van der Waals surface area (Å²) in [5.41, 5.74) is 1.05. The summed E-state index contributed by atoms with van der Waals surface area (Å²) in [6.07, 6.45) is 4.59. The van der Waals surface area contributed by atoms with E-state index in [0.717, 1.165) is 0 Å². The van der Waals surface area contributed by atoms with Crippen LogP contribution in [-0.2, 0) is 14.3 Å². The monoisotopic (exact) mass is 631 g/mol. The molecule has 10 heteroatoms. The zero-order valence-electron chi connectivity index (χ0n) is 26.1. The lowest BCUT2D eigenvalue weighted by Gasteiger charge is -2.23. The van der Waals surface area contributed by atoms with Crippen LogP contribution in [0, 0.1) is 0 Å². The average molecular weight is 632 g/mol. The van der Waals surface area contributed by atoms with Crippen LogP contribution in [0.3, 0.4) is 0 Å². The Morgan fingerprint density at radius 3 is 2.48 bits per heavy atom.